The van der Waals surface area contributed by atoms with Crippen LogP contribution in [0, 0.1) is 6.92 Å². The van der Waals surface area contributed by atoms with Crippen molar-refractivity contribution < 1.29 is 14.7 Å². The fourth-order valence-electron chi connectivity index (χ4n) is 1.70. The van der Waals surface area contributed by atoms with Crippen molar-refractivity contribution in [3.63, 3.8) is 0 Å². The molecule has 0 unspecified atom stereocenters. The molecule has 3 N–H and O–H groups in total. The summed E-state index contributed by atoms with van der Waals surface area (Å²) in [7, 11) is 0. The molecule has 1 aromatic rings. The van der Waals surface area contributed by atoms with Gasteiger partial charge in [-0.3, -0.25) is 0 Å². The maximum absolute atomic E-state index is 11.6. The second-order valence-corrected chi connectivity index (χ2v) is 5.60. The summed E-state index contributed by atoms with van der Waals surface area (Å²) in [6.07, 6.45) is 2.76. The van der Waals surface area contributed by atoms with Crippen molar-refractivity contribution in [3.05, 3.63) is 16.1 Å². The molecule has 0 aliphatic rings. The summed E-state index contributed by atoms with van der Waals surface area (Å²) in [6.45, 7) is 4.35. The number of carbonyl (C=O) groups excluding carboxylic acids is 1. The summed E-state index contributed by atoms with van der Waals surface area (Å²) in [5.41, 5.74) is 0.938. The van der Waals surface area contributed by atoms with E-state index in [1.165, 1.54) is 0 Å². The second-order valence-electron chi connectivity index (χ2n) is 4.54. The number of urea groups is 1. The van der Waals surface area contributed by atoms with Crippen LogP contribution in [0.15, 0.2) is 5.38 Å². The molecule has 7 heteroatoms. The maximum atomic E-state index is 11.6. The first-order valence-corrected chi connectivity index (χ1v) is 7.59. The highest BCUT2D eigenvalue weighted by Crippen LogP contribution is 2.07. The predicted molar refractivity (Wildman–Crippen MR) is 78.0 cm³/mol. The first kappa shape index (κ1) is 16.4. The number of rotatable bonds is 8. The Morgan fingerprint density at radius 3 is 2.80 bits per heavy atom. The van der Waals surface area contributed by atoms with Crippen LogP contribution < -0.4 is 10.6 Å². The lowest BCUT2D eigenvalue weighted by Gasteiger charge is -2.14. The highest BCUT2D eigenvalue weighted by Gasteiger charge is 2.18. The zero-order chi connectivity index (χ0) is 15.0. The van der Waals surface area contributed by atoms with E-state index in [-0.39, 0.29) is 0 Å². The molecule has 0 radical (unpaired) electrons. The quantitative estimate of drug-likeness (QED) is 0.684. The van der Waals surface area contributed by atoms with Crippen LogP contribution in [-0.4, -0.2) is 34.7 Å². The molecule has 0 aromatic carbocycles. The molecular weight excluding hydrogens is 278 g/mol. The van der Waals surface area contributed by atoms with Crippen LogP contribution in [0.4, 0.5) is 4.79 Å². The Balaban J connectivity index is 2.28. The largest absolute Gasteiger partial charge is 0.480 e. The Hall–Kier alpha value is -1.63. The molecule has 0 spiro atoms. The Kier molecular flexibility index (Phi) is 7.00. The summed E-state index contributed by atoms with van der Waals surface area (Å²) in [6, 6.07) is -1.27. The number of aromatic nitrogens is 1. The third kappa shape index (κ3) is 6.01. The van der Waals surface area contributed by atoms with E-state index in [2.05, 4.69) is 15.6 Å². The Morgan fingerprint density at radius 1 is 1.50 bits per heavy atom. The van der Waals surface area contributed by atoms with Crippen LogP contribution >= 0.6 is 11.3 Å². The number of unbranched alkanes of at least 4 members (excludes halogenated alkanes) is 1. The van der Waals surface area contributed by atoms with Gasteiger partial charge in [-0.1, -0.05) is 19.8 Å². The molecule has 0 bridgehead atoms. The number of carboxylic acids is 1. The molecule has 0 aliphatic carbocycles. The van der Waals surface area contributed by atoms with Crippen LogP contribution in [-0.2, 0) is 11.2 Å². The lowest BCUT2D eigenvalue weighted by Crippen LogP contribution is -2.46. The smallest absolute Gasteiger partial charge is 0.326 e. The third-order valence-electron chi connectivity index (χ3n) is 2.78. The average molecular weight is 299 g/mol. The van der Waals surface area contributed by atoms with E-state index in [1.54, 1.807) is 11.3 Å². The summed E-state index contributed by atoms with van der Waals surface area (Å²) >= 11 is 1.57. The fourth-order valence-corrected chi connectivity index (χ4v) is 2.35. The molecule has 0 aliphatic heterocycles. The normalized spacial score (nSPS) is 11.9. The van der Waals surface area contributed by atoms with Gasteiger partial charge in [0.2, 0.25) is 0 Å². The zero-order valence-electron chi connectivity index (χ0n) is 11.8. The number of carbonyl (C=O) groups is 2. The summed E-state index contributed by atoms with van der Waals surface area (Å²) in [5, 5.41) is 17.1. The van der Waals surface area contributed by atoms with Gasteiger partial charge in [-0.05, 0) is 13.3 Å². The number of carboxylic acid groups (broad SMARTS) is 1. The van der Waals surface area contributed by atoms with Gasteiger partial charge in [0.05, 0.1) is 10.7 Å². The molecule has 1 rings (SSSR count). The van der Waals surface area contributed by atoms with Gasteiger partial charge >= 0.3 is 12.0 Å². The summed E-state index contributed by atoms with van der Waals surface area (Å²) in [4.78, 5) is 26.9. The van der Waals surface area contributed by atoms with Gasteiger partial charge in [0, 0.05) is 18.3 Å². The number of thiazole rings is 1. The van der Waals surface area contributed by atoms with Crippen LogP contribution in [0.3, 0.4) is 0 Å². The van der Waals surface area contributed by atoms with Gasteiger partial charge in [0.15, 0.2) is 0 Å². The number of aliphatic carboxylic acids is 1. The van der Waals surface area contributed by atoms with E-state index >= 15 is 0 Å². The number of amides is 2. The number of hydrogen-bond acceptors (Lipinski definition) is 4. The zero-order valence-corrected chi connectivity index (χ0v) is 12.6. The molecule has 1 atom stereocenters. The van der Waals surface area contributed by atoms with E-state index in [9.17, 15) is 9.59 Å². The van der Waals surface area contributed by atoms with Crippen LogP contribution in [0.5, 0.6) is 0 Å². The molecule has 20 heavy (non-hydrogen) atoms. The lowest BCUT2D eigenvalue weighted by atomic mass is 10.1. The second kappa shape index (κ2) is 8.52. The van der Waals surface area contributed by atoms with Crippen molar-refractivity contribution in [2.45, 2.75) is 45.6 Å². The summed E-state index contributed by atoms with van der Waals surface area (Å²) in [5.74, 6) is -0.997. The number of aryl methyl sites for hydroxylation is 1. The van der Waals surface area contributed by atoms with Crippen molar-refractivity contribution in [2.75, 3.05) is 6.54 Å². The Bertz CT molecular complexity index is 448. The SMILES string of the molecule is CCCC[C@H](NC(=O)NCCc1csc(C)n1)C(=O)O. The van der Waals surface area contributed by atoms with Gasteiger partial charge in [-0.2, -0.15) is 0 Å². The van der Waals surface area contributed by atoms with E-state index in [0.29, 0.717) is 19.4 Å². The molecule has 2 amide bonds. The van der Waals surface area contributed by atoms with E-state index in [1.807, 2.05) is 19.2 Å². The van der Waals surface area contributed by atoms with Crippen molar-refractivity contribution in [1.82, 2.24) is 15.6 Å². The molecule has 1 heterocycles. The average Bonchev–Trinajstić information content (AvgIpc) is 2.80. The Morgan fingerprint density at radius 2 is 2.25 bits per heavy atom. The van der Waals surface area contributed by atoms with Gasteiger partial charge in [0.25, 0.3) is 0 Å². The van der Waals surface area contributed by atoms with Crippen molar-refractivity contribution >= 4 is 23.3 Å². The molecule has 6 nitrogen and oxygen atoms in total. The van der Waals surface area contributed by atoms with E-state index in [4.69, 9.17) is 5.11 Å². The van der Waals surface area contributed by atoms with Crippen molar-refractivity contribution in [2.24, 2.45) is 0 Å². The van der Waals surface area contributed by atoms with Gasteiger partial charge in [0.1, 0.15) is 6.04 Å². The number of hydrogen-bond donors (Lipinski definition) is 3. The molecule has 0 saturated heterocycles. The Labute approximate surface area is 122 Å². The van der Waals surface area contributed by atoms with Gasteiger partial charge < -0.3 is 15.7 Å². The minimum atomic E-state index is -0.997. The van der Waals surface area contributed by atoms with E-state index in [0.717, 1.165) is 23.5 Å². The van der Waals surface area contributed by atoms with Crippen LogP contribution in [0.25, 0.3) is 0 Å². The van der Waals surface area contributed by atoms with Crippen molar-refractivity contribution in [1.29, 1.82) is 0 Å². The molecule has 0 fully saturated rings. The van der Waals surface area contributed by atoms with Crippen LogP contribution in [0.1, 0.15) is 36.9 Å². The monoisotopic (exact) mass is 299 g/mol. The summed E-state index contributed by atoms with van der Waals surface area (Å²) < 4.78 is 0. The highest BCUT2D eigenvalue weighted by atomic mass is 32.1. The minimum Gasteiger partial charge on any atom is -0.480 e. The first-order valence-electron chi connectivity index (χ1n) is 6.71. The minimum absolute atomic E-state index is 0.440. The van der Waals surface area contributed by atoms with E-state index < -0.39 is 18.0 Å². The maximum Gasteiger partial charge on any atom is 0.326 e. The predicted octanol–water partition coefficient (Wildman–Crippen LogP) is 1.94. The number of nitrogens with one attached hydrogen (secondary N) is 2. The molecular formula is C13H21N3O3S. The van der Waals surface area contributed by atoms with Crippen molar-refractivity contribution in [3.8, 4) is 0 Å². The molecule has 112 valence electrons. The lowest BCUT2D eigenvalue weighted by molar-refractivity contribution is -0.139. The van der Waals surface area contributed by atoms with Crippen LogP contribution in [0.2, 0.25) is 0 Å². The topological polar surface area (TPSA) is 91.3 Å². The molecule has 0 saturated carbocycles. The number of nitrogens with zero attached hydrogens (tertiary/aromatic N) is 1. The van der Waals surface area contributed by atoms with Gasteiger partial charge in [-0.15, -0.1) is 11.3 Å². The standard InChI is InChI=1S/C13H21N3O3S/c1-3-4-5-11(12(17)18)16-13(19)14-7-6-10-8-20-9(2)15-10/h8,11H,3-7H2,1-2H3,(H,17,18)(H2,14,16,19)/t11-/m0/s1. The third-order valence-corrected chi connectivity index (χ3v) is 3.61. The highest BCUT2D eigenvalue weighted by molar-refractivity contribution is 7.09. The first-order chi connectivity index (χ1) is 9.52. The molecule has 1 aromatic heterocycles. The van der Waals surface area contributed by atoms with Gasteiger partial charge in [-0.25, -0.2) is 14.6 Å². The fraction of sp³-hybridized carbons (Fsp3) is 0.615.